The van der Waals surface area contributed by atoms with E-state index in [1.807, 2.05) is 0 Å². The Labute approximate surface area is 237 Å². The Kier molecular flexibility index (Phi) is 9.23. The van der Waals surface area contributed by atoms with Crippen molar-refractivity contribution in [1.29, 1.82) is 0 Å². The van der Waals surface area contributed by atoms with Crippen LogP contribution < -0.4 is 0 Å². The van der Waals surface area contributed by atoms with E-state index >= 15 is 0 Å². The van der Waals surface area contributed by atoms with E-state index in [2.05, 4.69) is 10.1 Å². The van der Waals surface area contributed by atoms with Crippen molar-refractivity contribution in [1.82, 2.24) is 14.8 Å². The van der Waals surface area contributed by atoms with E-state index in [1.54, 1.807) is 32.9 Å². The molecule has 0 bridgehead atoms. The molecule has 0 aliphatic rings. The van der Waals surface area contributed by atoms with E-state index in [0.717, 1.165) is 0 Å². The number of alkyl halides is 7. The Morgan fingerprint density at radius 3 is 2.10 bits per heavy atom. The van der Waals surface area contributed by atoms with Crippen LogP contribution in [0.1, 0.15) is 72.3 Å². The Hall–Kier alpha value is -3.77. The number of aryl methyl sites for hydroxylation is 3. The molecule has 0 N–H and O–H groups in total. The zero-order valence-electron chi connectivity index (χ0n) is 23.6. The summed E-state index contributed by atoms with van der Waals surface area (Å²) >= 11 is 0. The number of ketones is 1. The number of carbonyl (C=O) groups is 2. The van der Waals surface area contributed by atoms with Gasteiger partial charge < -0.3 is 4.74 Å². The van der Waals surface area contributed by atoms with Gasteiger partial charge in [-0.05, 0) is 81.0 Å². The number of rotatable bonds is 9. The van der Waals surface area contributed by atoms with Gasteiger partial charge in [-0.1, -0.05) is 19.1 Å². The predicted octanol–water partition coefficient (Wildman–Crippen LogP) is 7.13. The largest absolute Gasteiger partial charge is 0.460 e. The van der Waals surface area contributed by atoms with Gasteiger partial charge in [-0.15, -0.1) is 0 Å². The van der Waals surface area contributed by atoms with Crippen LogP contribution in [0.15, 0.2) is 43.0 Å². The fraction of sp³-hybridized carbons (Fsp3) is 0.448. The first-order valence-corrected chi connectivity index (χ1v) is 13.0. The van der Waals surface area contributed by atoms with Crippen molar-refractivity contribution in [2.24, 2.45) is 0 Å². The van der Waals surface area contributed by atoms with Gasteiger partial charge in [0, 0.05) is 24.0 Å². The fourth-order valence-electron chi connectivity index (χ4n) is 4.55. The van der Waals surface area contributed by atoms with Crippen LogP contribution in [0.25, 0.3) is 5.69 Å². The molecule has 0 radical (unpaired) electrons. The zero-order chi connectivity index (χ0) is 31.7. The molecule has 0 saturated heterocycles. The maximum atomic E-state index is 14.8. The van der Waals surface area contributed by atoms with Crippen LogP contribution in [0.2, 0.25) is 0 Å². The third-order valence-electron chi connectivity index (χ3n) is 6.55. The molecule has 1 aromatic heterocycles. The van der Waals surface area contributed by atoms with Gasteiger partial charge in [-0.25, -0.2) is 14.1 Å². The van der Waals surface area contributed by atoms with Gasteiger partial charge in [0.05, 0.1) is 5.69 Å². The molecule has 0 saturated carbocycles. The van der Waals surface area contributed by atoms with E-state index in [0.29, 0.717) is 23.4 Å². The fourth-order valence-corrected chi connectivity index (χ4v) is 4.55. The van der Waals surface area contributed by atoms with Crippen molar-refractivity contribution in [3.63, 3.8) is 0 Å². The highest BCUT2D eigenvalue weighted by Crippen LogP contribution is 2.53. The van der Waals surface area contributed by atoms with Gasteiger partial charge in [0.15, 0.2) is 5.78 Å². The molecule has 2 aromatic carbocycles. The lowest BCUT2D eigenvalue weighted by molar-refractivity contribution is -0.348. The van der Waals surface area contributed by atoms with Crippen LogP contribution in [-0.4, -0.2) is 44.5 Å². The van der Waals surface area contributed by atoms with Gasteiger partial charge >= 0.3 is 24.0 Å². The molecule has 0 aliphatic heterocycles. The number of halogens is 7. The predicted molar refractivity (Wildman–Crippen MR) is 139 cm³/mol. The molecule has 3 rings (SSSR count). The van der Waals surface area contributed by atoms with Crippen LogP contribution in [0.4, 0.5) is 30.7 Å². The van der Waals surface area contributed by atoms with Crippen LogP contribution in [-0.2, 0) is 34.5 Å². The van der Waals surface area contributed by atoms with Gasteiger partial charge in [0.1, 0.15) is 18.3 Å². The Bertz CT molecular complexity index is 1430. The van der Waals surface area contributed by atoms with Crippen LogP contribution in [0.3, 0.4) is 0 Å². The van der Waals surface area contributed by atoms with Crippen molar-refractivity contribution in [3.05, 3.63) is 76.4 Å². The lowest BCUT2D eigenvalue weighted by Crippen LogP contribution is -2.50. The molecule has 228 valence electrons. The minimum absolute atomic E-state index is 0.0133. The number of nitrogens with zero attached hydrogens (tertiary/aromatic N) is 3. The second-order valence-electron chi connectivity index (χ2n) is 10.8. The minimum atomic E-state index is -6.25. The van der Waals surface area contributed by atoms with Gasteiger partial charge in [0.25, 0.3) is 0 Å². The number of Topliss-reactive ketones (excluding diaryl/α,β-unsaturated/α-hetero) is 1. The number of benzene rings is 2. The maximum Gasteiger partial charge on any atom is 0.435 e. The second kappa shape index (κ2) is 11.8. The SMILES string of the molecule is CCc1cc(C(F)(C(F)(F)F)C(F)(F)F)cc(C)c1CC(=O)c1ccc(-n2cncn2)c(CCC(=O)OC(C)(C)C)c1. The summed E-state index contributed by atoms with van der Waals surface area (Å²) < 4.78 is 102. The molecule has 0 amide bonds. The van der Waals surface area contributed by atoms with Crippen molar-refractivity contribution < 1.29 is 45.1 Å². The average Bonchev–Trinajstić information content (AvgIpc) is 3.40. The summed E-state index contributed by atoms with van der Waals surface area (Å²) in [6.07, 6.45) is -10.0. The highest BCUT2D eigenvalue weighted by atomic mass is 19.4. The summed E-state index contributed by atoms with van der Waals surface area (Å²) in [5.41, 5.74) is -6.47. The molecular weight excluding hydrogens is 571 g/mol. The van der Waals surface area contributed by atoms with E-state index in [4.69, 9.17) is 4.74 Å². The van der Waals surface area contributed by atoms with Gasteiger partial charge in [0.2, 0.25) is 0 Å². The number of ether oxygens (including phenoxy) is 1. The van der Waals surface area contributed by atoms with Crippen LogP contribution in [0.5, 0.6) is 0 Å². The van der Waals surface area contributed by atoms with Gasteiger partial charge in [-0.2, -0.15) is 31.4 Å². The highest BCUT2D eigenvalue weighted by Gasteiger charge is 2.73. The summed E-state index contributed by atoms with van der Waals surface area (Å²) in [5, 5.41) is 4.09. The third kappa shape index (κ3) is 6.99. The second-order valence-corrected chi connectivity index (χ2v) is 10.8. The summed E-state index contributed by atoms with van der Waals surface area (Å²) in [5.74, 6) is -0.948. The van der Waals surface area contributed by atoms with Crippen molar-refractivity contribution in [3.8, 4) is 5.69 Å². The van der Waals surface area contributed by atoms with Crippen molar-refractivity contribution in [2.45, 2.75) is 83.9 Å². The smallest absolute Gasteiger partial charge is 0.435 e. The number of carbonyl (C=O) groups excluding carboxylic acids is 2. The standard InChI is InChI=1S/C29H30F7N3O3/c1-6-18-13-21(27(30,28(31,32)33)29(34,35)36)11-17(2)22(18)14-24(40)20-7-9-23(39-16-37-15-38-39)19(12-20)8-10-25(41)42-26(3,4)5/h7,9,11-13,15-16H,6,8,10,14H2,1-5H3. The first kappa shape index (κ1) is 32.7. The summed E-state index contributed by atoms with van der Waals surface area (Å²) in [6.45, 7) is 7.89. The molecule has 3 aromatic rings. The normalized spacial score (nSPS) is 12.9. The first-order valence-electron chi connectivity index (χ1n) is 13.0. The molecule has 0 fully saturated rings. The zero-order valence-corrected chi connectivity index (χ0v) is 23.6. The van der Waals surface area contributed by atoms with E-state index in [9.17, 15) is 40.3 Å². The summed E-state index contributed by atoms with van der Waals surface area (Å²) in [4.78, 5) is 29.6. The molecular formula is C29H30F7N3O3. The number of hydrogen-bond acceptors (Lipinski definition) is 5. The van der Waals surface area contributed by atoms with E-state index in [-0.39, 0.29) is 47.9 Å². The number of hydrogen-bond donors (Lipinski definition) is 0. The maximum absolute atomic E-state index is 14.8. The average molecular weight is 602 g/mol. The van der Waals surface area contributed by atoms with Crippen LogP contribution >= 0.6 is 0 Å². The molecule has 6 nitrogen and oxygen atoms in total. The molecule has 0 aliphatic carbocycles. The quantitative estimate of drug-likeness (QED) is 0.148. The lowest BCUT2D eigenvalue weighted by Gasteiger charge is -2.31. The molecule has 0 atom stereocenters. The number of aromatic nitrogens is 3. The molecule has 42 heavy (non-hydrogen) atoms. The molecule has 0 unspecified atom stereocenters. The highest BCUT2D eigenvalue weighted by molar-refractivity contribution is 5.98. The van der Waals surface area contributed by atoms with Gasteiger partial charge in [-0.3, -0.25) is 9.59 Å². The van der Waals surface area contributed by atoms with E-state index < -0.39 is 40.9 Å². The third-order valence-corrected chi connectivity index (χ3v) is 6.55. The van der Waals surface area contributed by atoms with E-state index in [1.165, 1.54) is 37.3 Å². The Morgan fingerprint density at radius 2 is 1.57 bits per heavy atom. The van der Waals surface area contributed by atoms with Crippen LogP contribution in [0, 0.1) is 6.92 Å². The monoisotopic (exact) mass is 601 g/mol. The molecule has 0 spiro atoms. The van der Waals surface area contributed by atoms with Crippen molar-refractivity contribution in [2.75, 3.05) is 0 Å². The summed E-state index contributed by atoms with van der Waals surface area (Å²) in [7, 11) is 0. The first-order chi connectivity index (χ1) is 19.3. The molecule has 13 heteroatoms. The minimum Gasteiger partial charge on any atom is -0.460 e. The summed E-state index contributed by atoms with van der Waals surface area (Å²) in [6, 6.07) is 5.64. The Balaban J connectivity index is 1.98. The molecule has 1 heterocycles. The van der Waals surface area contributed by atoms with Crippen molar-refractivity contribution >= 4 is 11.8 Å². The number of esters is 1. The lowest BCUT2D eigenvalue weighted by atomic mass is 9.86. The topological polar surface area (TPSA) is 74.1 Å². The Morgan fingerprint density at radius 1 is 0.929 bits per heavy atom.